The number of nitrogens with zero attached hydrogens (tertiary/aromatic N) is 2. The van der Waals surface area contributed by atoms with Crippen LogP contribution in [0, 0.1) is 17.6 Å². The minimum atomic E-state index is -2.05. The van der Waals surface area contributed by atoms with E-state index in [4.69, 9.17) is 14.2 Å². The highest BCUT2D eigenvalue weighted by molar-refractivity contribution is 8.15. The predicted molar refractivity (Wildman–Crippen MR) is 146 cm³/mol. The molecule has 0 aliphatic carbocycles. The molecule has 0 radical (unpaired) electrons. The number of esters is 1. The Morgan fingerprint density at radius 2 is 1.84 bits per heavy atom. The molecule has 1 heterocycles. The summed E-state index contributed by atoms with van der Waals surface area (Å²) in [5.74, 6) is -4.21. The van der Waals surface area contributed by atoms with Crippen LogP contribution in [0.4, 0.5) is 18.0 Å². The van der Waals surface area contributed by atoms with Gasteiger partial charge in [0.15, 0.2) is 16.8 Å². The average molecular weight is 577 g/mol. The fourth-order valence-corrected chi connectivity index (χ4v) is 6.07. The summed E-state index contributed by atoms with van der Waals surface area (Å²) in [6.07, 6.45) is -0.842. The minimum Gasteiger partial charge on any atom is -0.468 e. The van der Waals surface area contributed by atoms with Crippen molar-refractivity contribution >= 4 is 37.1 Å². The number of carbonyl (C=O) groups is 2. The van der Waals surface area contributed by atoms with Crippen LogP contribution in [0.5, 0.6) is 0 Å². The van der Waals surface area contributed by atoms with Gasteiger partial charge in [-0.1, -0.05) is 50.5 Å². The molecule has 0 aromatic heterocycles. The van der Waals surface area contributed by atoms with E-state index in [1.807, 2.05) is 0 Å². The number of carbonyl (C=O) groups excluding carboxylic acids is 2. The van der Waals surface area contributed by atoms with Crippen LogP contribution < -0.4 is 0 Å². The lowest BCUT2D eigenvalue weighted by Gasteiger charge is -2.47. The first-order valence-electron chi connectivity index (χ1n) is 12.4. The molecule has 1 aliphatic heterocycles. The van der Waals surface area contributed by atoms with Gasteiger partial charge in [-0.3, -0.25) is 4.79 Å². The zero-order chi connectivity index (χ0) is 29.1. The fourth-order valence-electron chi connectivity index (χ4n) is 3.95. The molecular weight excluding hydrogens is 537 g/mol. The SMILES string of the molecule is COC(=O)[C@@]1(C)SC(N(COCC[Si](C)(C)C)C(=O)OC(C)(C)C)=N[C@](CF)(c2cccc(F)c2F)C1C. The molecule has 7 nitrogen and oxygen atoms in total. The van der Waals surface area contributed by atoms with E-state index in [0.717, 1.165) is 28.8 Å². The van der Waals surface area contributed by atoms with E-state index in [9.17, 15) is 14.0 Å². The summed E-state index contributed by atoms with van der Waals surface area (Å²) in [6.45, 7) is 13.4. The molecule has 1 aromatic carbocycles. The van der Waals surface area contributed by atoms with Crippen LogP contribution >= 0.6 is 11.8 Å². The number of hydrogen-bond donors (Lipinski definition) is 0. The fraction of sp³-hybridized carbons (Fsp3) is 0.654. The zero-order valence-electron chi connectivity index (χ0n) is 23.6. The van der Waals surface area contributed by atoms with E-state index in [0.29, 0.717) is 6.61 Å². The van der Waals surface area contributed by atoms with Gasteiger partial charge in [0.05, 0.1) is 7.11 Å². The number of hydrogen-bond acceptors (Lipinski definition) is 7. The van der Waals surface area contributed by atoms with Crippen LogP contribution in [-0.2, 0) is 24.5 Å². The summed E-state index contributed by atoms with van der Waals surface area (Å²) < 4.78 is 59.4. The van der Waals surface area contributed by atoms with Crippen LogP contribution in [0.1, 0.15) is 40.2 Å². The van der Waals surface area contributed by atoms with Crippen molar-refractivity contribution in [1.82, 2.24) is 4.90 Å². The normalized spacial score (nSPS) is 24.0. The van der Waals surface area contributed by atoms with Gasteiger partial charge in [-0.15, -0.1) is 0 Å². The van der Waals surface area contributed by atoms with Crippen LogP contribution in [-0.4, -0.2) is 67.7 Å². The topological polar surface area (TPSA) is 77.4 Å². The molecule has 1 aliphatic rings. The third kappa shape index (κ3) is 7.12. The van der Waals surface area contributed by atoms with E-state index < -0.39 is 60.3 Å². The molecule has 1 amide bonds. The Kier molecular flexibility index (Phi) is 10.2. The van der Waals surface area contributed by atoms with E-state index in [-0.39, 0.29) is 17.5 Å². The van der Waals surface area contributed by atoms with Gasteiger partial charge < -0.3 is 14.2 Å². The van der Waals surface area contributed by atoms with Crippen molar-refractivity contribution in [3.8, 4) is 0 Å². The third-order valence-electron chi connectivity index (χ3n) is 6.42. The third-order valence-corrected chi connectivity index (χ3v) is 9.56. The lowest BCUT2D eigenvalue weighted by Crippen LogP contribution is -2.57. The first kappa shape index (κ1) is 32.2. The Labute approximate surface area is 228 Å². The number of aliphatic imine (C=N–C) groups is 1. The first-order chi connectivity index (χ1) is 17.4. The standard InChI is InChI=1S/C26H39F3N2O5SSi/c1-17-25(5,21(32)34-6)37-22(30-26(17,15-27)18-11-10-12-19(28)20(18)29)31(23(33)36-24(2,3)4)16-35-13-14-38(7,8)9/h10-12,17H,13-16H2,1-9H3/t17?,25-,26-/m0/s1. The highest BCUT2D eigenvalue weighted by Gasteiger charge is 2.58. The molecule has 38 heavy (non-hydrogen) atoms. The van der Waals surface area contributed by atoms with E-state index in [1.165, 1.54) is 33.1 Å². The highest BCUT2D eigenvalue weighted by Crippen LogP contribution is 2.52. The summed E-state index contributed by atoms with van der Waals surface area (Å²) in [7, 11) is -0.276. The van der Waals surface area contributed by atoms with Crippen molar-refractivity contribution in [3.05, 3.63) is 35.4 Å². The molecule has 0 N–H and O–H groups in total. The molecule has 0 spiro atoms. The van der Waals surface area contributed by atoms with Crippen molar-refractivity contribution in [1.29, 1.82) is 0 Å². The van der Waals surface area contributed by atoms with E-state index in [1.54, 1.807) is 20.8 Å². The quantitative estimate of drug-likeness (QED) is 0.155. The Morgan fingerprint density at radius 3 is 2.37 bits per heavy atom. The number of rotatable bonds is 8. The molecule has 1 aromatic rings. The van der Waals surface area contributed by atoms with Gasteiger partial charge >= 0.3 is 12.1 Å². The van der Waals surface area contributed by atoms with Crippen LogP contribution in [0.25, 0.3) is 0 Å². The molecule has 0 bridgehead atoms. The second-order valence-electron chi connectivity index (χ2n) is 11.7. The smallest absolute Gasteiger partial charge is 0.418 e. The van der Waals surface area contributed by atoms with E-state index >= 15 is 8.78 Å². The van der Waals surface area contributed by atoms with Gasteiger partial charge in [0, 0.05) is 26.2 Å². The maximum absolute atomic E-state index is 15.1. The lowest BCUT2D eigenvalue weighted by molar-refractivity contribution is -0.145. The Balaban J connectivity index is 2.72. The number of methoxy groups -OCH3 is 1. The zero-order valence-corrected chi connectivity index (χ0v) is 25.4. The van der Waals surface area contributed by atoms with E-state index in [2.05, 4.69) is 24.6 Å². The molecule has 0 fully saturated rings. The minimum absolute atomic E-state index is 0.125. The van der Waals surface area contributed by atoms with Crippen LogP contribution in [0.15, 0.2) is 23.2 Å². The second-order valence-corrected chi connectivity index (χ2v) is 18.8. The van der Waals surface area contributed by atoms with Crippen molar-refractivity contribution in [3.63, 3.8) is 0 Å². The number of alkyl halides is 1. The summed E-state index contributed by atoms with van der Waals surface area (Å²) >= 11 is 0.869. The van der Waals surface area contributed by atoms with Gasteiger partial charge in [-0.05, 0) is 39.8 Å². The molecule has 12 heteroatoms. The summed E-state index contributed by atoms with van der Waals surface area (Å²) in [5, 5.41) is -0.125. The average Bonchev–Trinajstić information content (AvgIpc) is 2.80. The van der Waals surface area contributed by atoms with Gasteiger partial charge in [0.1, 0.15) is 29.3 Å². The largest absolute Gasteiger partial charge is 0.468 e. The van der Waals surface area contributed by atoms with Crippen LogP contribution in [0.3, 0.4) is 0 Å². The Morgan fingerprint density at radius 1 is 1.21 bits per heavy atom. The number of ether oxygens (including phenoxy) is 3. The number of benzene rings is 1. The van der Waals surface area contributed by atoms with Gasteiger partial charge in [0.25, 0.3) is 0 Å². The van der Waals surface area contributed by atoms with Crippen LogP contribution in [0.2, 0.25) is 25.7 Å². The summed E-state index contributed by atoms with van der Waals surface area (Å²) in [4.78, 5) is 32.0. The lowest BCUT2D eigenvalue weighted by atomic mass is 9.73. The Hall–Kier alpha value is -2.05. The summed E-state index contributed by atoms with van der Waals surface area (Å²) in [5.41, 5.74) is -3.31. The van der Waals surface area contributed by atoms with Crippen molar-refractivity contribution in [2.24, 2.45) is 10.9 Å². The first-order valence-corrected chi connectivity index (χ1v) is 16.9. The van der Waals surface area contributed by atoms with Crippen molar-refractivity contribution in [2.75, 3.05) is 27.1 Å². The monoisotopic (exact) mass is 576 g/mol. The van der Waals surface area contributed by atoms with Crippen molar-refractivity contribution < 1.29 is 37.0 Å². The van der Waals surface area contributed by atoms with Gasteiger partial charge in [0.2, 0.25) is 0 Å². The molecule has 3 atom stereocenters. The second kappa shape index (κ2) is 12.0. The predicted octanol–water partition coefficient (Wildman–Crippen LogP) is 6.35. The Bertz CT molecular complexity index is 1060. The molecule has 0 saturated carbocycles. The number of halogens is 3. The molecular formula is C26H39F3N2O5SSi. The molecule has 1 unspecified atom stereocenters. The van der Waals surface area contributed by atoms with Gasteiger partial charge in [-0.25, -0.2) is 27.9 Å². The maximum Gasteiger partial charge on any atom is 0.418 e. The number of amidine groups is 1. The van der Waals surface area contributed by atoms with Gasteiger partial charge in [-0.2, -0.15) is 0 Å². The summed E-state index contributed by atoms with van der Waals surface area (Å²) in [6, 6.07) is 4.20. The molecule has 2 rings (SSSR count). The number of amides is 1. The highest BCUT2D eigenvalue weighted by atomic mass is 32.2. The number of thioether (sulfide) groups is 1. The molecule has 0 saturated heterocycles. The molecule has 214 valence electrons. The maximum atomic E-state index is 15.1. The van der Waals surface area contributed by atoms with Crippen molar-refractivity contribution in [2.45, 2.75) is 76.2 Å².